The molecular formula is C22H23ClF4N4O3S. The fraction of sp³-hybridized carbons (Fsp3) is 0.409. The lowest BCUT2D eigenvalue weighted by atomic mass is 9.83. The second-order valence-electron chi connectivity index (χ2n) is 8.01. The van der Waals surface area contributed by atoms with Gasteiger partial charge in [-0.25, -0.2) is 14.4 Å². The smallest absolute Gasteiger partial charge is 0.422 e. The molecule has 0 radical (unpaired) electrons. The lowest BCUT2D eigenvalue weighted by Crippen LogP contribution is -2.30. The van der Waals surface area contributed by atoms with Crippen LogP contribution >= 0.6 is 23.4 Å². The van der Waals surface area contributed by atoms with Gasteiger partial charge in [0, 0.05) is 24.7 Å². The van der Waals surface area contributed by atoms with E-state index in [1.165, 1.54) is 12.3 Å². The summed E-state index contributed by atoms with van der Waals surface area (Å²) in [6, 6.07) is 4.12. The molecule has 0 bridgehead atoms. The Morgan fingerprint density at radius 1 is 1.29 bits per heavy atom. The molecule has 0 spiro atoms. The number of amides is 1. The van der Waals surface area contributed by atoms with Crippen LogP contribution in [0.1, 0.15) is 25.6 Å². The van der Waals surface area contributed by atoms with Crippen LogP contribution in [0.3, 0.4) is 0 Å². The predicted octanol–water partition coefficient (Wildman–Crippen LogP) is 5.38. The number of carbonyl (C=O) groups is 1. The van der Waals surface area contributed by atoms with Crippen molar-refractivity contribution in [1.82, 2.24) is 14.5 Å². The van der Waals surface area contributed by atoms with Gasteiger partial charge < -0.3 is 19.8 Å². The third-order valence-electron chi connectivity index (χ3n) is 5.46. The van der Waals surface area contributed by atoms with Crippen molar-refractivity contribution < 1.29 is 31.8 Å². The molecule has 190 valence electrons. The van der Waals surface area contributed by atoms with E-state index in [1.54, 1.807) is 17.7 Å². The third kappa shape index (κ3) is 6.29. The number of aromatic nitrogens is 3. The van der Waals surface area contributed by atoms with Crippen LogP contribution in [0.25, 0.3) is 11.0 Å². The van der Waals surface area contributed by atoms with Gasteiger partial charge in [-0.15, -0.1) is 0 Å². The van der Waals surface area contributed by atoms with Gasteiger partial charge >= 0.3 is 6.18 Å². The molecule has 13 heteroatoms. The predicted molar refractivity (Wildman–Crippen MR) is 126 cm³/mol. The number of rotatable bonds is 5. The van der Waals surface area contributed by atoms with E-state index in [1.807, 2.05) is 11.8 Å². The molecule has 1 fully saturated rings. The summed E-state index contributed by atoms with van der Waals surface area (Å²) in [6.45, 7) is 0.569. The Morgan fingerprint density at radius 2 is 1.94 bits per heavy atom. The average molecular weight is 535 g/mol. The molecule has 35 heavy (non-hydrogen) atoms. The zero-order chi connectivity index (χ0) is 25.8. The number of halogens is 5. The van der Waals surface area contributed by atoms with Gasteiger partial charge in [-0.2, -0.15) is 24.9 Å². The van der Waals surface area contributed by atoms with E-state index in [0.29, 0.717) is 5.52 Å². The number of primary amides is 1. The van der Waals surface area contributed by atoms with E-state index in [4.69, 9.17) is 25.9 Å². The number of pyridine rings is 1. The number of imidazole rings is 1. The molecule has 2 N–H and O–H groups in total. The van der Waals surface area contributed by atoms with Crippen LogP contribution in [-0.2, 0) is 17.3 Å². The van der Waals surface area contributed by atoms with Crippen molar-refractivity contribution in [2.75, 3.05) is 18.1 Å². The average Bonchev–Trinajstić information content (AvgIpc) is 3.14. The summed E-state index contributed by atoms with van der Waals surface area (Å²) < 4.78 is 65.2. The summed E-state index contributed by atoms with van der Waals surface area (Å²) in [5, 5.41) is 0.0561. The molecule has 4 rings (SSSR count). The van der Waals surface area contributed by atoms with E-state index in [0.717, 1.165) is 36.2 Å². The molecule has 0 atom stereocenters. The first-order chi connectivity index (χ1) is 16.5. The highest BCUT2D eigenvalue weighted by Gasteiger charge is 2.34. The highest BCUT2D eigenvalue weighted by molar-refractivity contribution is 7.99. The van der Waals surface area contributed by atoms with E-state index >= 15 is 4.39 Å². The van der Waals surface area contributed by atoms with Gasteiger partial charge in [0.1, 0.15) is 11.3 Å². The van der Waals surface area contributed by atoms with Crippen molar-refractivity contribution in [3.63, 3.8) is 0 Å². The normalized spacial score (nSPS) is 15.3. The van der Waals surface area contributed by atoms with Crippen LogP contribution < -0.4 is 15.2 Å². The SMILES string of the molecule is Cn1c(C2(C)CCSCC2)nc2ccc(Oc3ncc(Cl)cc3OCC(F)(F)F)c(F)c21.NC=O. The van der Waals surface area contributed by atoms with Gasteiger partial charge in [-0.1, -0.05) is 18.5 Å². The molecule has 3 heterocycles. The Balaban J connectivity index is 0.00000108. The zero-order valence-corrected chi connectivity index (χ0v) is 20.4. The van der Waals surface area contributed by atoms with Crippen molar-refractivity contribution in [2.24, 2.45) is 12.8 Å². The lowest BCUT2D eigenvalue weighted by Gasteiger charge is -2.32. The van der Waals surface area contributed by atoms with Crippen LogP contribution in [0.15, 0.2) is 24.4 Å². The first-order valence-electron chi connectivity index (χ1n) is 10.4. The van der Waals surface area contributed by atoms with Crippen LogP contribution in [0.2, 0.25) is 5.02 Å². The fourth-order valence-corrected chi connectivity index (χ4v) is 5.30. The number of fused-ring (bicyclic) bond motifs is 1. The van der Waals surface area contributed by atoms with Crippen molar-refractivity contribution in [2.45, 2.75) is 31.4 Å². The number of carbonyl (C=O) groups excluding carboxylic acids is 1. The van der Waals surface area contributed by atoms with Gasteiger partial charge in [-0.3, -0.25) is 4.79 Å². The lowest BCUT2D eigenvalue weighted by molar-refractivity contribution is -0.153. The molecule has 1 amide bonds. The summed E-state index contributed by atoms with van der Waals surface area (Å²) in [4.78, 5) is 17.1. The molecule has 1 saturated heterocycles. The third-order valence-corrected chi connectivity index (χ3v) is 6.65. The molecule has 1 aliphatic rings. The molecule has 3 aromatic rings. The standard InChI is InChI=1S/C21H20ClF4N3O2S.CH3NO/c1-20(5-7-32-8-6-20)19-28-13-3-4-14(16(23)17(13)29(19)2)31-18-15(9-12(22)10-27-18)30-11-21(24,25)26;2-1-3/h3-4,9-10H,5-8,11H2,1-2H3;1H,(H2,2,3). The quantitative estimate of drug-likeness (QED) is 0.349. The Kier molecular flexibility index (Phi) is 8.37. The fourth-order valence-electron chi connectivity index (χ4n) is 3.76. The second-order valence-corrected chi connectivity index (χ2v) is 9.67. The topological polar surface area (TPSA) is 92.3 Å². The minimum Gasteiger partial charge on any atom is -0.478 e. The van der Waals surface area contributed by atoms with Crippen LogP contribution in [0.5, 0.6) is 17.4 Å². The summed E-state index contributed by atoms with van der Waals surface area (Å²) in [5.41, 5.74) is 4.73. The van der Waals surface area contributed by atoms with Gasteiger partial charge in [0.15, 0.2) is 23.9 Å². The molecule has 7 nitrogen and oxygen atoms in total. The maximum Gasteiger partial charge on any atom is 0.422 e. The molecule has 0 aliphatic carbocycles. The zero-order valence-electron chi connectivity index (χ0n) is 18.9. The first kappa shape index (κ1) is 26.9. The van der Waals surface area contributed by atoms with Crippen molar-refractivity contribution >= 4 is 40.8 Å². The number of benzene rings is 1. The highest BCUT2D eigenvalue weighted by Crippen LogP contribution is 2.40. The van der Waals surface area contributed by atoms with Crippen LogP contribution in [0, 0.1) is 5.82 Å². The molecule has 2 aromatic heterocycles. The number of thioether (sulfide) groups is 1. The summed E-state index contributed by atoms with van der Waals surface area (Å²) >= 11 is 7.71. The maximum absolute atomic E-state index is 15.4. The van der Waals surface area contributed by atoms with Crippen LogP contribution in [0.4, 0.5) is 17.6 Å². The maximum atomic E-state index is 15.4. The Bertz CT molecular complexity index is 1200. The molecule has 0 saturated carbocycles. The number of nitrogens with two attached hydrogens (primary N) is 1. The Morgan fingerprint density at radius 3 is 2.57 bits per heavy atom. The number of aryl methyl sites for hydroxylation is 1. The highest BCUT2D eigenvalue weighted by atomic mass is 35.5. The number of hydrogen-bond acceptors (Lipinski definition) is 6. The number of ether oxygens (including phenoxy) is 2. The van der Waals surface area contributed by atoms with Crippen molar-refractivity contribution in [3.8, 4) is 17.4 Å². The van der Waals surface area contributed by atoms with Gasteiger partial charge in [0.25, 0.3) is 5.88 Å². The van der Waals surface area contributed by atoms with Gasteiger partial charge in [-0.05, 0) is 36.5 Å². The molecule has 1 aliphatic heterocycles. The van der Waals surface area contributed by atoms with Gasteiger partial charge in [0.2, 0.25) is 6.41 Å². The van der Waals surface area contributed by atoms with E-state index in [9.17, 15) is 13.2 Å². The van der Waals surface area contributed by atoms with Crippen molar-refractivity contribution in [1.29, 1.82) is 0 Å². The first-order valence-corrected chi connectivity index (χ1v) is 11.9. The minimum absolute atomic E-state index is 0.0561. The summed E-state index contributed by atoms with van der Waals surface area (Å²) in [5.74, 6) is 1.27. The summed E-state index contributed by atoms with van der Waals surface area (Å²) in [7, 11) is 1.75. The molecule has 1 aromatic carbocycles. The van der Waals surface area contributed by atoms with E-state index < -0.39 is 18.6 Å². The molecular weight excluding hydrogens is 512 g/mol. The Hall–Kier alpha value is -2.73. The van der Waals surface area contributed by atoms with Crippen molar-refractivity contribution in [3.05, 3.63) is 41.1 Å². The van der Waals surface area contributed by atoms with Gasteiger partial charge in [0.05, 0.1) is 10.5 Å². The van der Waals surface area contributed by atoms with E-state index in [2.05, 4.69) is 22.6 Å². The largest absolute Gasteiger partial charge is 0.478 e. The summed E-state index contributed by atoms with van der Waals surface area (Å²) in [6.07, 6.45) is -1.26. The minimum atomic E-state index is -4.57. The molecule has 0 unspecified atom stereocenters. The Labute approximate surface area is 207 Å². The van der Waals surface area contributed by atoms with E-state index in [-0.39, 0.29) is 39.7 Å². The second kappa shape index (κ2) is 10.9. The number of alkyl halides is 3. The number of hydrogen-bond donors (Lipinski definition) is 1. The monoisotopic (exact) mass is 534 g/mol. The van der Waals surface area contributed by atoms with Crippen LogP contribution in [-0.4, -0.2) is 45.2 Å². The number of nitrogens with zero attached hydrogens (tertiary/aromatic N) is 3.